The van der Waals surface area contributed by atoms with Gasteiger partial charge < -0.3 is 15.0 Å². The minimum atomic E-state index is -0.146. The Kier molecular flexibility index (Phi) is 3.02. The zero-order valence-electron chi connectivity index (χ0n) is 11.8. The molecule has 1 fully saturated rings. The molecule has 0 bridgehead atoms. The molecule has 1 aliphatic carbocycles. The fourth-order valence-electron chi connectivity index (χ4n) is 3.34. The second-order valence-electron chi connectivity index (χ2n) is 5.75. The number of methoxy groups -OCH3 is 1. The number of aromatic nitrogens is 1. The average Bonchev–Trinajstić information content (AvgIpc) is 2.77. The molecule has 0 saturated heterocycles. The minimum Gasteiger partial charge on any atom is -0.497 e. The zero-order chi connectivity index (χ0) is 13.5. The summed E-state index contributed by atoms with van der Waals surface area (Å²) in [5.74, 6) is 0.898. The molecule has 102 valence electrons. The summed E-state index contributed by atoms with van der Waals surface area (Å²) < 4.78 is 7.48. The number of aryl methyl sites for hydroxylation is 1. The number of nitrogens with zero attached hydrogens (tertiary/aromatic N) is 1. The average molecular weight is 258 g/mol. The molecule has 1 saturated carbocycles. The van der Waals surface area contributed by atoms with Crippen molar-refractivity contribution in [2.75, 3.05) is 7.11 Å². The molecular weight excluding hydrogens is 236 g/mol. The second-order valence-corrected chi connectivity index (χ2v) is 5.75. The van der Waals surface area contributed by atoms with Crippen molar-refractivity contribution in [3.8, 4) is 5.75 Å². The Hall–Kier alpha value is -1.48. The maximum absolute atomic E-state index is 6.69. The van der Waals surface area contributed by atoms with E-state index in [0.29, 0.717) is 0 Å². The van der Waals surface area contributed by atoms with E-state index in [1.165, 1.54) is 35.7 Å². The van der Waals surface area contributed by atoms with Gasteiger partial charge in [-0.1, -0.05) is 19.3 Å². The van der Waals surface area contributed by atoms with Gasteiger partial charge in [-0.3, -0.25) is 0 Å². The molecule has 3 heteroatoms. The maximum Gasteiger partial charge on any atom is 0.120 e. The van der Waals surface area contributed by atoms with Crippen LogP contribution in [0.4, 0.5) is 0 Å². The molecule has 19 heavy (non-hydrogen) atoms. The first-order valence-corrected chi connectivity index (χ1v) is 7.06. The summed E-state index contributed by atoms with van der Waals surface area (Å²) in [4.78, 5) is 0. The predicted molar refractivity (Wildman–Crippen MR) is 78.4 cm³/mol. The smallest absolute Gasteiger partial charge is 0.120 e. The summed E-state index contributed by atoms with van der Waals surface area (Å²) in [5.41, 5.74) is 9.04. The van der Waals surface area contributed by atoms with Crippen LogP contribution in [0, 0.1) is 0 Å². The van der Waals surface area contributed by atoms with Gasteiger partial charge in [0.15, 0.2) is 0 Å². The molecule has 0 atom stereocenters. The van der Waals surface area contributed by atoms with E-state index in [4.69, 9.17) is 10.5 Å². The lowest BCUT2D eigenvalue weighted by molar-refractivity contribution is 0.304. The van der Waals surface area contributed by atoms with Crippen molar-refractivity contribution in [3.63, 3.8) is 0 Å². The van der Waals surface area contributed by atoms with Crippen LogP contribution in [0.1, 0.15) is 37.7 Å². The second kappa shape index (κ2) is 4.57. The standard InChI is InChI=1S/C16H22N2O/c1-18-11-14(16(17)8-4-3-5-9-16)13-7-6-12(19-2)10-15(13)18/h6-7,10-11H,3-5,8-9,17H2,1-2H3. The molecule has 0 spiro atoms. The van der Waals surface area contributed by atoms with Crippen LogP contribution in [0.15, 0.2) is 24.4 Å². The third-order valence-corrected chi connectivity index (χ3v) is 4.48. The first-order chi connectivity index (χ1) is 9.14. The van der Waals surface area contributed by atoms with Gasteiger partial charge in [0.1, 0.15) is 5.75 Å². The summed E-state index contributed by atoms with van der Waals surface area (Å²) in [6.45, 7) is 0. The first kappa shape index (κ1) is 12.5. The number of ether oxygens (including phenoxy) is 1. The van der Waals surface area contributed by atoms with Crippen molar-refractivity contribution >= 4 is 10.9 Å². The quantitative estimate of drug-likeness (QED) is 0.897. The van der Waals surface area contributed by atoms with Gasteiger partial charge in [0.05, 0.1) is 12.6 Å². The van der Waals surface area contributed by atoms with Crippen LogP contribution < -0.4 is 10.5 Å². The van der Waals surface area contributed by atoms with Crippen LogP contribution in [0.25, 0.3) is 10.9 Å². The molecule has 2 N–H and O–H groups in total. The molecule has 1 aliphatic rings. The molecule has 3 rings (SSSR count). The Morgan fingerprint density at radius 1 is 1.21 bits per heavy atom. The maximum atomic E-state index is 6.69. The predicted octanol–water partition coefficient (Wildman–Crippen LogP) is 3.31. The Morgan fingerprint density at radius 3 is 2.63 bits per heavy atom. The highest BCUT2D eigenvalue weighted by Gasteiger charge is 2.32. The molecule has 0 unspecified atom stereocenters. The Labute approximate surface area is 114 Å². The van der Waals surface area contributed by atoms with E-state index in [1.807, 2.05) is 6.07 Å². The van der Waals surface area contributed by atoms with Gasteiger partial charge in [0.2, 0.25) is 0 Å². The largest absolute Gasteiger partial charge is 0.497 e. The summed E-state index contributed by atoms with van der Waals surface area (Å²) in [7, 11) is 3.79. The zero-order valence-corrected chi connectivity index (χ0v) is 11.8. The van der Waals surface area contributed by atoms with Crippen molar-refractivity contribution in [1.29, 1.82) is 0 Å². The third kappa shape index (κ3) is 2.02. The van der Waals surface area contributed by atoms with E-state index >= 15 is 0 Å². The highest BCUT2D eigenvalue weighted by molar-refractivity contribution is 5.86. The summed E-state index contributed by atoms with van der Waals surface area (Å²) >= 11 is 0. The van der Waals surface area contributed by atoms with Crippen LogP contribution in [0.3, 0.4) is 0 Å². The van der Waals surface area contributed by atoms with Gasteiger partial charge in [-0.05, 0) is 30.5 Å². The molecule has 0 radical (unpaired) electrons. The number of hydrogen-bond donors (Lipinski definition) is 1. The SMILES string of the molecule is COc1ccc2c(C3(N)CCCCC3)cn(C)c2c1. The van der Waals surface area contributed by atoms with Gasteiger partial charge in [-0.2, -0.15) is 0 Å². The molecule has 0 aliphatic heterocycles. The number of rotatable bonds is 2. The third-order valence-electron chi connectivity index (χ3n) is 4.48. The fraction of sp³-hybridized carbons (Fsp3) is 0.500. The van der Waals surface area contributed by atoms with E-state index < -0.39 is 0 Å². The van der Waals surface area contributed by atoms with Crippen LogP contribution in [0.2, 0.25) is 0 Å². The Balaban J connectivity index is 2.14. The van der Waals surface area contributed by atoms with E-state index in [9.17, 15) is 0 Å². The first-order valence-electron chi connectivity index (χ1n) is 7.06. The summed E-state index contributed by atoms with van der Waals surface area (Å²) in [6.07, 6.45) is 8.19. The lowest BCUT2D eigenvalue weighted by Gasteiger charge is -2.33. The number of fused-ring (bicyclic) bond motifs is 1. The van der Waals surface area contributed by atoms with Crippen molar-refractivity contribution in [2.24, 2.45) is 12.8 Å². The van der Waals surface area contributed by atoms with Crippen LogP contribution in [-0.4, -0.2) is 11.7 Å². The molecule has 2 aromatic rings. The van der Waals surface area contributed by atoms with E-state index in [1.54, 1.807) is 7.11 Å². The highest BCUT2D eigenvalue weighted by Crippen LogP contribution is 2.39. The van der Waals surface area contributed by atoms with Crippen molar-refractivity contribution in [1.82, 2.24) is 4.57 Å². The van der Waals surface area contributed by atoms with Gasteiger partial charge in [-0.25, -0.2) is 0 Å². The van der Waals surface area contributed by atoms with Crippen molar-refractivity contribution in [3.05, 3.63) is 30.0 Å². The Morgan fingerprint density at radius 2 is 1.95 bits per heavy atom. The van der Waals surface area contributed by atoms with E-state index in [2.05, 4.69) is 29.9 Å². The van der Waals surface area contributed by atoms with E-state index in [-0.39, 0.29) is 5.54 Å². The van der Waals surface area contributed by atoms with E-state index in [0.717, 1.165) is 18.6 Å². The van der Waals surface area contributed by atoms with Crippen LogP contribution in [-0.2, 0) is 12.6 Å². The van der Waals surface area contributed by atoms with Gasteiger partial charge in [0, 0.05) is 30.2 Å². The molecular formula is C16H22N2O. The summed E-state index contributed by atoms with van der Waals surface area (Å²) in [5, 5.41) is 1.27. The topological polar surface area (TPSA) is 40.2 Å². The minimum absolute atomic E-state index is 0.146. The molecule has 0 amide bonds. The fourth-order valence-corrected chi connectivity index (χ4v) is 3.34. The number of nitrogens with two attached hydrogens (primary N) is 1. The normalized spacial score (nSPS) is 18.7. The molecule has 3 nitrogen and oxygen atoms in total. The summed E-state index contributed by atoms with van der Waals surface area (Å²) in [6, 6.07) is 6.26. The van der Waals surface area contributed by atoms with Gasteiger partial charge >= 0.3 is 0 Å². The number of benzene rings is 1. The number of hydrogen-bond acceptors (Lipinski definition) is 2. The Bertz CT molecular complexity index is 594. The molecule has 1 aromatic carbocycles. The van der Waals surface area contributed by atoms with Crippen molar-refractivity contribution < 1.29 is 4.74 Å². The monoisotopic (exact) mass is 258 g/mol. The lowest BCUT2D eigenvalue weighted by atomic mass is 9.77. The molecule has 1 aromatic heterocycles. The van der Waals surface area contributed by atoms with Gasteiger partial charge in [-0.15, -0.1) is 0 Å². The van der Waals surface area contributed by atoms with Crippen molar-refractivity contribution in [2.45, 2.75) is 37.6 Å². The van der Waals surface area contributed by atoms with Crippen LogP contribution >= 0.6 is 0 Å². The van der Waals surface area contributed by atoms with Crippen LogP contribution in [0.5, 0.6) is 5.75 Å². The highest BCUT2D eigenvalue weighted by atomic mass is 16.5. The molecule has 1 heterocycles. The van der Waals surface area contributed by atoms with Gasteiger partial charge in [0.25, 0.3) is 0 Å². The lowest BCUT2D eigenvalue weighted by Crippen LogP contribution is -2.38.